The molecule has 0 atom stereocenters. The number of nitrogens with one attached hydrogen (secondary N) is 1. The Morgan fingerprint density at radius 2 is 2.17 bits per heavy atom. The zero-order chi connectivity index (χ0) is 13.0. The third kappa shape index (κ3) is 2.65. The van der Waals surface area contributed by atoms with Crippen molar-refractivity contribution in [2.75, 3.05) is 11.9 Å². The standard InChI is InChI=1S/C13H12ClNO3/c1-2-17-11-6-4-3-5-10(11)15-13(16)9-7-8-18-12(9)14/h3-8H,2H2,1H3,(H,15,16). The smallest absolute Gasteiger partial charge is 0.260 e. The van der Waals surface area contributed by atoms with Gasteiger partial charge in [0.15, 0.2) is 0 Å². The van der Waals surface area contributed by atoms with Crippen molar-refractivity contribution in [3.63, 3.8) is 0 Å². The molecule has 1 amide bonds. The largest absolute Gasteiger partial charge is 0.492 e. The van der Waals surface area contributed by atoms with Crippen molar-refractivity contribution >= 4 is 23.2 Å². The van der Waals surface area contributed by atoms with E-state index in [2.05, 4.69) is 5.32 Å². The monoisotopic (exact) mass is 265 g/mol. The van der Waals surface area contributed by atoms with Crippen LogP contribution in [0.5, 0.6) is 5.75 Å². The fourth-order valence-corrected chi connectivity index (χ4v) is 1.70. The number of para-hydroxylation sites is 2. The minimum absolute atomic E-state index is 0.0707. The van der Waals surface area contributed by atoms with Crippen LogP contribution < -0.4 is 10.1 Å². The van der Waals surface area contributed by atoms with E-state index >= 15 is 0 Å². The summed E-state index contributed by atoms with van der Waals surface area (Å²) in [5, 5.41) is 2.80. The lowest BCUT2D eigenvalue weighted by Gasteiger charge is -2.10. The molecular formula is C13H12ClNO3. The van der Waals surface area contributed by atoms with Gasteiger partial charge < -0.3 is 14.5 Å². The van der Waals surface area contributed by atoms with E-state index in [1.54, 1.807) is 12.1 Å². The minimum Gasteiger partial charge on any atom is -0.492 e. The fourth-order valence-electron chi connectivity index (χ4n) is 1.50. The normalized spacial score (nSPS) is 10.1. The first-order valence-electron chi connectivity index (χ1n) is 5.48. The average molecular weight is 266 g/mol. The molecule has 0 spiro atoms. The zero-order valence-electron chi connectivity index (χ0n) is 9.77. The minimum atomic E-state index is -0.332. The molecule has 0 bridgehead atoms. The van der Waals surface area contributed by atoms with E-state index in [0.29, 0.717) is 23.6 Å². The summed E-state index contributed by atoms with van der Waals surface area (Å²) >= 11 is 5.74. The van der Waals surface area contributed by atoms with Gasteiger partial charge in [-0.15, -0.1) is 0 Å². The van der Waals surface area contributed by atoms with Crippen molar-refractivity contribution in [1.29, 1.82) is 0 Å². The Kier molecular flexibility index (Phi) is 3.89. The number of carbonyl (C=O) groups excluding carboxylic acids is 1. The number of rotatable bonds is 4. The molecule has 2 rings (SSSR count). The fraction of sp³-hybridized carbons (Fsp3) is 0.154. The topological polar surface area (TPSA) is 51.5 Å². The summed E-state index contributed by atoms with van der Waals surface area (Å²) in [6.07, 6.45) is 1.37. The van der Waals surface area contributed by atoms with Crippen LogP contribution in [-0.4, -0.2) is 12.5 Å². The second kappa shape index (κ2) is 5.60. The van der Waals surface area contributed by atoms with E-state index in [4.69, 9.17) is 20.8 Å². The highest BCUT2D eigenvalue weighted by atomic mass is 35.5. The molecule has 0 saturated carbocycles. The van der Waals surface area contributed by atoms with Crippen LogP contribution in [0.15, 0.2) is 41.0 Å². The van der Waals surface area contributed by atoms with Gasteiger partial charge in [-0.1, -0.05) is 12.1 Å². The van der Waals surface area contributed by atoms with Gasteiger partial charge in [0.2, 0.25) is 5.22 Å². The number of furan rings is 1. The van der Waals surface area contributed by atoms with Crippen LogP contribution in [0.1, 0.15) is 17.3 Å². The van der Waals surface area contributed by atoms with Crippen molar-refractivity contribution < 1.29 is 13.9 Å². The second-order valence-corrected chi connectivity index (χ2v) is 3.83. The van der Waals surface area contributed by atoms with Crippen LogP contribution in [-0.2, 0) is 0 Å². The van der Waals surface area contributed by atoms with Crippen LogP contribution in [0.3, 0.4) is 0 Å². The van der Waals surface area contributed by atoms with Crippen LogP contribution in [0.4, 0.5) is 5.69 Å². The predicted molar refractivity (Wildman–Crippen MR) is 69.3 cm³/mol. The van der Waals surface area contributed by atoms with Crippen molar-refractivity contribution in [3.8, 4) is 5.75 Å². The molecule has 2 aromatic rings. The van der Waals surface area contributed by atoms with Gasteiger partial charge in [0, 0.05) is 0 Å². The van der Waals surface area contributed by atoms with Gasteiger partial charge in [-0.2, -0.15) is 0 Å². The van der Waals surface area contributed by atoms with Gasteiger partial charge >= 0.3 is 0 Å². The maximum absolute atomic E-state index is 11.9. The van der Waals surface area contributed by atoms with E-state index in [0.717, 1.165) is 0 Å². The SMILES string of the molecule is CCOc1ccccc1NC(=O)c1ccoc1Cl. The number of anilines is 1. The molecule has 0 unspecified atom stereocenters. The first-order chi connectivity index (χ1) is 8.72. The lowest BCUT2D eigenvalue weighted by Crippen LogP contribution is -2.12. The molecule has 1 N–H and O–H groups in total. The molecule has 0 saturated heterocycles. The Hall–Kier alpha value is -1.94. The molecule has 0 radical (unpaired) electrons. The van der Waals surface area contributed by atoms with Crippen molar-refractivity contribution in [2.45, 2.75) is 6.92 Å². The van der Waals surface area contributed by atoms with Gasteiger partial charge in [0.25, 0.3) is 5.91 Å². The van der Waals surface area contributed by atoms with Gasteiger partial charge in [0.1, 0.15) is 5.75 Å². The lowest BCUT2D eigenvalue weighted by atomic mass is 10.2. The molecule has 18 heavy (non-hydrogen) atoms. The highest BCUT2D eigenvalue weighted by Gasteiger charge is 2.14. The van der Waals surface area contributed by atoms with Crippen LogP contribution in [0.2, 0.25) is 5.22 Å². The van der Waals surface area contributed by atoms with Crippen molar-refractivity contribution in [1.82, 2.24) is 0 Å². The molecular weight excluding hydrogens is 254 g/mol. The lowest BCUT2D eigenvalue weighted by molar-refractivity contribution is 0.102. The van der Waals surface area contributed by atoms with Crippen molar-refractivity contribution in [2.24, 2.45) is 0 Å². The molecule has 1 aromatic heterocycles. The molecule has 5 heteroatoms. The Morgan fingerprint density at radius 3 is 2.83 bits per heavy atom. The first kappa shape index (κ1) is 12.5. The Bertz CT molecular complexity index is 551. The Balaban J connectivity index is 2.19. The van der Waals surface area contributed by atoms with Gasteiger partial charge in [-0.05, 0) is 36.7 Å². The van der Waals surface area contributed by atoms with E-state index in [9.17, 15) is 4.79 Å². The average Bonchev–Trinajstić information content (AvgIpc) is 2.78. The number of ether oxygens (including phenoxy) is 1. The molecule has 0 fully saturated rings. The number of halogens is 1. The summed E-state index contributed by atoms with van der Waals surface area (Å²) in [7, 11) is 0. The quantitative estimate of drug-likeness (QED) is 0.919. The third-order valence-corrected chi connectivity index (χ3v) is 2.59. The number of benzene rings is 1. The number of hydrogen-bond acceptors (Lipinski definition) is 3. The van der Waals surface area contributed by atoms with E-state index in [-0.39, 0.29) is 11.1 Å². The van der Waals surface area contributed by atoms with E-state index < -0.39 is 0 Å². The number of hydrogen-bond donors (Lipinski definition) is 1. The molecule has 1 heterocycles. The number of amides is 1. The van der Waals surface area contributed by atoms with Gasteiger partial charge in [0.05, 0.1) is 24.1 Å². The van der Waals surface area contributed by atoms with Crippen LogP contribution in [0, 0.1) is 0 Å². The third-order valence-electron chi connectivity index (χ3n) is 2.30. The van der Waals surface area contributed by atoms with Gasteiger partial charge in [-0.25, -0.2) is 0 Å². The highest BCUT2D eigenvalue weighted by Crippen LogP contribution is 2.25. The molecule has 1 aromatic carbocycles. The molecule has 4 nitrogen and oxygen atoms in total. The Labute approximate surface area is 110 Å². The summed E-state index contributed by atoms with van der Waals surface area (Å²) in [5.74, 6) is 0.286. The summed E-state index contributed by atoms with van der Waals surface area (Å²) in [6, 6.07) is 8.72. The maximum Gasteiger partial charge on any atom is 0.260 e. The predicted octanol–water partition coefficient (Wildman–Crippen LogP) is 3.58. The molecule has 94 valence electrons. The summed E-state index contributed by atoms with van der Waals surface area (Å²) in [4.78, 5) is 11.9. The summed E-state index contributed by atoms with van der Waals surface area (Å²) in [6.45, 7) is 2.41. The summed E-state index contributed by atoms with van der Waals surface area (Å²) in [5.41, 5.74) is 0.893. The zero-order valence-corrected chi connectivity index (χ0v) is 10.5. The van der Waals surface area contributed by atoms with Crippen molar-refractivity contribution in [3.05, 3.63) is 47.4 Å². The summed E-state index contributed by atoms with van der Waals surface area (Å²) < 4.78 is 10.3. The number of carbonyl (C=O) groups is 1. The maximum atomic E-state index is 11.9. The molecule has 0 aliphatic heterocycles. The van der Waals surface area contributed by atoms with Gasteiger partial charge in [-0.3, -0.25) is 4.79 Å². The molecule has 0 aliphatic carbocycles. The van der Waals surface area contributed by atoms with E-state index in [1.807, 2.05) is 19.1 Å². The first-order valence-corrected chi connectivity index (χ1v) is 5.86. The Morgan fingerprint density at radius 1 is 1.39 bits per heavy atom. The van der Waals surface area contributed by atoms with Crippen LogP contribution >= 0.6 is 11.6 Å². The van der Waals surface area contributed by atoms with Crippen LogP contribution in [0.25, 0.3) is 0 Å². The second-order valence-electron chi connectivity index (χ2n) is 3.49. The highest BCUT2D eigenvalue weighted by molar-refractivity contribution is 6.32. The van der Waals surface area contributed by atoms with E-state index in [1.165, 1.54) is 12.3 Å². The molecule has 0 aliphatic rings.